The Bertz CT molecular complexity index is 1730. The molecule has 0 aliphatic carbocycles. The Kier molecular flexibility index (Phi) is 7.59. The summed E-state index contributed by atoms with van der Waals surface area (Å²) >= 11 is 0. The van der Waals surface area contributed by atoms with Gasteiger partial charge >= 0.3 is 0 Å². The van der Waals surface area contributed by atoms with Gasteiger partial charge < -0.3 is 0 Å². The predicted molar refractivity (Wildman–Crippen MR) is 150 cm³/mol. The third-order valence-corrected chi connectivity index (χ3v) is 10.2. The summed E-state index contributed by atoms with van der Waals surface area (Å²) in [5.74, 6) is -0.837. The second-order valence-corrected chi connectivity index (χ2v) is 13.7. The van der Waals surface area contributed by atoms with Crippen molar-refractivity contribution in [3.8, 4) is 0 Å². The van der Waals surface area contributed by atoms with E-state index < -0.39 is 30.4 Å². The Morgan fingerprint density at radius 2 is 1.10 bits per heavy atom. The minimum atomic E-state index is -3.99. The smallest absolute Gasteiger partial charge is 0.261 e. The van der Waals surface area contributed by atoms with Crippen molar-refractivity contribution in [2.45, 2.75) is 35.3 Å². The number of sulfone groups is 1. The molecule has 9 heteroatoms. The maximum absolute atomic E-state index is 13.2. The molecule has 7 nitrogen and oxygen atoms in total. The van der Waals surface area contributed by atoms with Crippen molar-refractivity contribution < 1.29 is 26.4 Å². The highest BCUT2D eigenvalue weighted by atomic mass is 32.2. The van der Waals surface area contributed by atoms with E-state index in [1.807, 2.05) is 6.92 Å². The van der Waals surface area contributed by atoms with Crippen LogP contribution in [0.2, 0.25) is 0 Å². The Hall–Kier alpha value is -4.08. The third kappa shape index (κ3) is 5.69. The molecule has 0 aliphatic heterocycles. The van der Waals surface area contributed by atoms with Crippen LogP contribution in [0.5, 0.6) is 0 Å². The molecule has 0 atom stereocenters. The lowest BCUT2D eigenvalue weighted by molar-refractivity contribution is 0.0953. The van der Waals surface area contributed by atoms with E-state index in [1.165, 1.54) is 74.5 Å². The number of ketones is 2. The van der Waals surface area contributed by atoms with Crippen LogP contribution in [0.3, 0.4) is 0 Å². The molecular weight excluding hydrogens is 534 g/mol. The SMILES string of the molecule is Cc1ccc(S(=O)(=O)C(C)(C)C(=O)c2ccc(NS(=O)(=O)c3ccc(C(=O)c4ccccc4)cc3)cc2)cc1. The second kappa shape index (κ2) is 10.6. The van der Waals surface area contributed by atoms with Crippen molar-refractivity contribution >= 4 is 37.1 Å². The van der Waals surface area contributed by atoms with E-state index in [-0.39, 0.29) is 26.8 Å². The van der Waals surface area contributed by atoms with E-state index in [2.05, 4.69) is 4.72 Å². The van der Waals surface area contributed by atoms with Crippen LogP contribution < -0.4 is 4.72 Å². The fraction of sp³-hybridized carbons (Fsp3) is 0.133. The molecule has 39 heavy (non-hydrogen) atoms. The summed E-state index contributed by atoms with van der Waals surface area (Å²) in [6, 6.07) is 26.1. The summed E-state index contributed by atoms with van der Waals surface area (Å²) < 4.78 is 52.9. The normalized spacial score (nSPS) is 12.1. The number of hydrogen-bond acceptors (Lipinski definition) is 6. The number of carbonyl (C=O) groups excluding carboxylic acids is 2. The molecule has 0 radical (unpaired) electrons. The lowest BCUT2D eigenvalue weighted by Crippen LogP contribution is -2.40. The van der Waals surface area contributed by atoms with Crippen LogP contribution in [0.25, 0.3) is 0 Å². The van der Waals surface area contributed by atoms with Crippen LogP contribution in [-0.4, -0.2) is 33.1 Å². The van der Waals surface area contributed by atoms with Crippen molar-refractivity contribution in [2.24, 2.45) is 0 Å². The number of nitrogens with one attached hydrogen (secondary N) is 1. The summed E-state index contributed by atoms with van der Waals surface area (Å²) in [7, 11) is -7.98. The summed E-state index contributed by atoms with van der Waals surface area (Å²) in [6.45, 7) is 4.55. The van der Waals surface area contributed by atoms with Crippen LogP contribution in [0.4, 0.5) is 5.69 Å². The van der Waals surface area contributed by atoms with E-state index in [4.69, 9.17) is 0 Å². The van der Waals surface area contributed by atoms with Gasteiger partial charge in [-0.25, -0.2) is 16.8 Å². The fourth-order valence-electron chi connectivity index (χ4n) is 3.93. The maximum Gasteiger partial charge on any atom is 0.261 e. The number of hydrogen-bond donors (Lipinski definition) is 1. The van der Waals surface area contributed by atoms with Gasteiger partial charge in [-0.2, -0.15) is 0 Å². The highest BCUT2D eigenvalue weighted by Crippen LogP contribution is 2.30. The van der Waals surface area contributed by atoms with Crippen molar-refractivity contribution in [2.75, 3.05) is 4.72 Å². The first kappa shape index (κ1) is 27.9. The van der Waals surface area contributed by atoms with E-state index in [0.29, 0.717) is 11.1 Å². The first-order valence-corrected chi connectivity index (χ1v) is 15.0. The van der Waals surface area contributed by atoms with Gasteiger partial charge in [0.15, 0.2) is 21.4 Å². The number of benzene rings is 4. The first-order valence-electron chi connectivity index (χ1n) is 12.0. The van der Waals surface area contributed by atoms with Gasteiger partial charge in [0.05, 0.1) is 9.79 Å². The van der Waals surface area contributed by atoms with Crippen LogP contribution >= 0.6 is 0 Å². The lowest BCUT2D eigenvalue weighted by atomic mass is 10.00. The maximum atomic E-state index is 13.2. The van der Waals surface area contributed by atoms with Crippen LogP contribution in [-0.2, 0) is 19.9 Å². The molecule has 0 saturated heterocycles. The molecule has 0 unspecified atom stereocenters. The van der Waals surface area contributed by atoms with Crippen LogP contribution in [0.15, 0.2) is 113 Å². The standard InChI is InChI=1S/C30H27NO6S2/c1-21-9-17-26(18-10-21)38(34,35)30(2,3)29(33)24-11-15-25(16-12-24)31-39(36,37)27-19-13-23(14-20-27)28(32)22-7-5-4-6-8-22/h4-20,31H,1-3H3. The molecular formula is C30H27NO6S2. The molecule has 0 aromatic heterocycles. The van der Waals surface area contributed by atoms with Gasteiger partial charge in [0.25, 0.3) is 10.0 Å². The number of carbonyl (C=O) groups is 2. The largest absolute Gasteiger partial charge is 0.292 e. The minimum Gasteiger partial charge on any atom is -0.292 e. The van der Waals surface area contributed by atoms with Crippen LogP contribution in [0, 0.1) is 6.92 Å². The molecule has 4 aromatic carbocycles. The van der Waals surface area contributed by atoms with Gasteiger partial charge in [-0.05, 0) is 81.4 Å². The van der Waals surface area contributed by atoms with Crippen molar-refractivity contribution in [3.05, 3.63) is 125 Å². The average Bonchev–Trinajstić information content (AvgIpc) is 2.93. The molecule has 4 rings (SSSR count). The Morgan fingerprint density at radius 1 is 0.615 bits per heavy atom. The van der Waals surface area contributed by atoms with Crippen molar-refractivity contribution in [3.63, 3.8) is 0 Å². The van der Waals surface area contributed by atoms with Gasteiger partial charge in [0.2, 0.25) is 0 Å². The van der Waals surface area contributed by atoms with Crippen molar-refractivity contribution in [1.82, 2.24) is 0 Å². The summed E-state index contributed by atoms with van der Waals surface area (Å²) in [5.41, 5.74) is 2.06. The zero-order valence-electron chi connectivity index (χ0n) is 21.6. The fourth-order valence-corrected chi connectivity index (χ4v) is 6.43. The molecule has 0 aliphatic rings. The highest BCUT2D eigenvalue weighted by Gasteiger charge is 2.43. The highest BCUT2D eigenvalue weighted by molar-refractivity contribution is 7.93. The number of Topliss-reactive ketones (excluding diaryl/α,β-unsaturated/α-hetero) is 1. The third-order valence-electron chi connectivity index (χ3n) is 6.41. The number of rotatable bonds is 9. The molecule has 4 aromatic rings. The quantitative estimate of drug-likeness (QED) is 0.271. The molecule has 0 fully saturated rings. The molecule has 0 amide bonds. The molecule has 0 bridgehead atoms. The van der Waals surface area contributed by atoms with Gasteiger partial charge in [0, 0.05) is 22.4 Å². The zero-order valence-corrected chi connectivity index (χ0v) is 23.2. The lowest BCUT2D eigenvalue weighted by Gasteiger charge is -2.23. The van der Waals surface area contributed by atoms with Gasteiger partial charge in [0.1, 0.15) is 4.75 Å². The molecule has 1 N–H and O–H groups in total. The summed E-state index contributed by atoms with van der Waals surface area (Å²) in [5, 5.41) is 0. The monoisotopic (exact) mass is 561 g/mol. The Labute approximate surface area is 228 Å². The molecule has 200 valence electrons. The Balaban J connectivity index is 1.50. The minimum absolute atomic E-state index is 0.0439. The Morgan fingerprint density at radius 3 is 1.67 bits per heavy atom. The average molecular weight is 562 g/mol. The molecule has 0 heterocycles. The summed E-state index contributed by atoms with van der Waals surface area (Å²) in [4.78, 5) is 25.8. The van der Waals surface area contributed by atoms with Gasteiger partial charge in [-0.1, -0.05) is 48.0 Å². The second-order valence-electron chi connectivity index (χ2n) is 9.56. The van der Waals surface area contributed by atoms with E-state index in [1.54, 1.807) is 42.5 Å². The topological polar surface area (TPSA) is 114 Å². The van der Waals surface area contributed by atoms with E-state index >= 15 is 0 Å². The van der Waals surface area contributed by atoms with Crippen molar-refractivity contribution in [1.29, 1.82) is 0 Å². The van der Waals surface area contributed by atoms with Gasteiger partial charge in [-0.15, -0.1) is 0 Å². The number of anilines is 1. The molecule has 0 saturated carbocycles. The van der Waals surface area contributed by atoms with Gasteiger partial charge in [-0.3, -0.25) is 14.3 Å². The predicted octanol–water partition coefficient (Wildman–Crippen LogP) is 5.46. The van der Waals surface area contributed by atoms with E-state index in [9.17, 15) is 26.4 Å². The first-order chi connectivity index (χ1) is 18.3. The molecule has 0 spiro atoms. The number of aryl methyl sites for hydroxylation is 1. The zero-order chi connectivity index (χ0) is 28.4. The number of sulfonamides is 1. The summed E-state index contributed by atoms with van der Waals surface area (Å²) in [6.07, 6.45) is 0. The van der Waals surface area contributed by atoms with E-state index in [0.717, 1.165) is 5.56 Å². The van der Waals surface area contributed by atoms with Crippen LogP contribution in [0.1, 0.15) is 45.7 Å².